The van der Waals surface area contributed by atoms with Crippen molar-refractivity contribution in [2.45, 2.75) is 44.2 Å². The Morgan fingerprint density at radius 1 is 1.12 bits per heavy atom. The number of aryl methyl sites for hydroxylation is 2. The molecular formula is C30H31N5O4S. The third kappa shape index (κ3) is 6.33. The van der Waals surface area contributed by atoms with Crippen molar-refractivity contribution in [3.8, 4) is 29.0 Å². The minimum Gasteiger partial charge on any atom is -0.464 e. The fourth-order valence-electron chi connectivity index (χ4n) is 4.91. The van der Waals surface area contributed by atoms with Crippen LogP contribution >= 0.6 is 0 Å². The van der Waals surface area contributed by atoms with Crippen molar-refractivity contribution in [3.05, 3.63) is 83.2 Å². The zero-order valence-electron chi connectivity index (χ0n) is 22.7. The van der Waals surface area contributed by atoms with E-state index in [1.54, 1.807) is 42.8 Å². The van der Waals surface area contributed by atoms with Crippen LogP contribution < -0.4 is 10.1 Å². The lowest BCUT2D eigenvalue weighted by molar-refractivity contribution is 0.211. The second-order valence-corrected chi connectivity index (χ2v) is 12.2. The summed E-state index contributed by atoms with van der Waals surface area (Å²) in [6.07, 6.45) is 6.34. The van der Waals surface area contributed by atoms with Crippen LogP contribution in [0.3, 0.4) is 0 Å². The first-order valence-electron chi connectivity index (χ1n) is 13.1. The molecule has 0 radical (unpaired) electrons. The Hall–Kier alpha value is -4.20. The van der Waals surface area contributed by atoms with Gasteiger partial charge in [0, 0.05) is 38.1 Å². The van der Waals surface area contributed by atoms with Gasteiger partial charge in [-0.3, -0.25) is 4.90 Å². The lowest BCUT2D eigenvalue weighted by atomic mass is 10.0. The van der Waals surface area contributed by atoms with Crippen LogP contribution in [0.25, 0.3) is 11.3 Å². The number of nitrogens with zero attached hydrogens (tertiary/aromatic N) is 4. The molecule has 40 heavy (non-hydrogen) atoms. The van der Waals surface area contributed by atoms with E-state index in [9.17, 15) is 13.7 Å². The van der Waals surface area contributed by atoms with Gasteiger partial charge < -0.3 is 14.5 Å². The number of piperidine rings is 1. The fraction of sp³-hybridized carbons (Fsp3) is 0.300. The highest BCUT2D eigenvalue weighted by Gasteiger charge is 2.22. The summed E-state index contributed by atoms with van der Waals surface area (Å²) in [5, 5.41) is 12.8. The van der Waals surface area contributed by atoms with E-state index >= 15 is 0 Å². The summed E-state index contributed by atoms with van der Waals surface area (Å²) in [4.78, 5) is 12.0. The van der Waals surface area contributed by atoms with Gasteiger partial charge in [-0.15, -0.1) is 0 Å². The van der Waals surface area contributed by atoms with E-state index < -0.39 is 9.84 Å². The van der Waals surface area contributed by atoms with Crippen molar-refractivity contribution in [1.82, 2.24) is 14.9 Å². The van der Waals surface area contributed by atoms with Crippen LogP contribution in [-0.4, -0.2) is 48.7 Å². The molecule has 206 valence electrons. The van der Waals surface area contributed by atoms with E-state index in [2.05, 4.69) is 21.3 Å². The smallest absolute Gasteiger partial charge is 0.235 e. The largest absolute Gasteiger partial charge is 0.464 e. The van der Waals surface area contributed by atoms with Crippen LogP contribution in [0, 0.1) is 25.2 Å². The number of nitrogens with one attached hydrogen (secondary N) is 1. The highest BCUT2D eigenvalue weighted by molar-refractivity contribution is 7.90. The SMILES string of the molecule is Cc1cc(C#N)cc(C)c1Oc1nc(NC2CCN(Cc3ccc(S(C)(=O)=O)cc3)CC2)ncc1-c1ccco1. The van der Waals surface area contributed by atoms with Crippen LogP contribution in [0.2, 0.25) is 0 Å². The second kappa shape index (κ2) is 11.5. The van der Waals surface area contributed by atoms with Crippen LogP contribution in [0.15, 0.2) is 70.3 Å². The molecule has 0 spiro atoms. The Labute approximate surface area is 234 Å². The number of furan rings is 1. The minimum atomic E-state index is -3.19. The topological polar surface area (TPSA) is 121 Å². The molecule has 9 nitrogen and oxygen atoms in total. The minimum absolute atomic E-state index is 0.199. The summed E-state index contributed by atoms with van der Waals surface area (Å²) < 4.78 is 35.4. The summed E-state index contributed by atoms with van der Waals surface area (Å²) >= 11 is 0. The Morgan fingerprint density at radius 2 is 1.82 bits per heavy atom. The van der Waals surface area contributed by atoms with Crippen molar-refractivity contribution in [1.29, 1.82) is 5.26 Å². The van der Waals surface area contributed by atoms with E-state index in [1.165, 1.54) is 6.26 Å². The summed E-state index contributed by atoms with van der Waals surface area (Å²) in [5.74, 6) is 2.10. The van der Waals surface area contributed by atoms with Crippen LogP contribution in [-0.2, 0) is 16.4 Å². The first-order chi connectivity index (χ1) is 19.2. The third-order valence-electron chi connectivity index (χ3n) is 7.01. The molecule has 5 rings (SSSR count). The number of likely N-dealkylation sites (tertiary alicyclic amines) is 1. The predicted molar refractivity (Wildman–Crippen MR) is 152 cm³/mol. The lowest BCUT2D eigenvalue weighted by Crippen LogP contribution is -2.39. The molecule has 1 saturated heterocycles. The van der Waals surface area contributed by atoms with Gasteiger partial charge >= 0.3 is 0 Å². The predicted octanol–water partition coefficient (Wildman–Crippen LogP) is 5.50. The second-order valence-electron chi connectivity index (χ2n) is 10.2. The number of nitriles is 1. The van der Waals surface area contributed by atoms with Crippen molar-refractivity contribution in [3.63, 3.8) is 0 Å². The zero-order chi connectivity index (χ0) is 28.3. The standard InChI is InChI=1S/C30H31N5O4S/c1-20-15-23(17-31)16-21(2)28(20)39-29-26(27-5-4-14-38-27)18-32-30(34-29)33-24-10-12-35(13-11-24)19-22-6-8-25(9-7-22)40(3,36)37/h4-9,14-16,18,24H,10-13,19H2,1-3H3,(H,32,33,34). The first kappa shape index (κ1) is 27.4. The Balaban J connectivity index is 1.27. The molecule has 1 aliphatic rings. The maximum atomic E-state index is 11.7. The van der Waals surface area contributed by atoms with E-state index in [0.717, 1.165) is 49.2 Å². The molecule has 0 atom stereocenters. The Kier molecular flexibility index (Phi) is 7.87. The van der Waals surface area contributed by atoms with Gasteiger partial charge in [0.1, 0.15) is 11.5 Å². The van der Waals surface area contributed by atoms with E-state index in [1.807, 2.05) is 32.0 Å². The van der Waals surface area contributed by atoms with Crippen molar-refractivity contribution in [2.75, 3.05) is 24.7 Å². The van der Waals surface area contributed by atoms with Gasteiger partial charge in [-0.1, -0.05) is 12.1 Å². The number of aromatic nitrogens is 2. The zero-order valence-corrected chi connectivity index (χ0v) is 23.5. The van der Waals surface area contributed by atoms with Gasteiger partial charge in [0.15, 0.2) is 9.84 Å². The third-order valence-corrected chi connectivity index (χ3v) is 8.14. The fourth-order valence-corrected chi connectivity index (χ4v) is 5.54. The van der Waals surface area contributed by atoms with Gasteiger partial charge in [0.2, 0.25) is 11.8 Å². The van der Waals surface area contributed by atoms with Gasteiger partial charge in [0.05, 0.1) is 28.4 Å². The molecule has 0 aliphatic carbocycles. The van der Waals surface area contributed by atoms with Gasteiger partial charge in [-0.25, -0.2) is 13.4 Å². The van der Waals surface area contributed by atoms with Crippen LogP contribution in [0.5, 0.6) is 11.6 Å². The van der Waals surface area contributed by atoms with Gasteiger partial charge in [-0.2, -0.15) is 10.2 Å². The normalized spacial score (nSPS) is 14.6. The monoisotopic (exact) mass is 557 g/mol. The molecule has 4 aromatic rings. The number of hydrogen-bond acceptors (Lipinski definition) is 9. The molecule has 1 fully saturated rings. The molecule has 0 bridgehead atoms. The van der Waals surface area contributed by atoms with Crippen molar-refractivity contribution >= 4 is 15.8 Å². The molecule has 10 heteroatoms. The van der Waals surface area contributed by atoms with Crippen molar-refractivity contribution < 1.29 is 17.6 Å². The number of benzene rings is 2. The number of anilines is 1. The number of ether oxygens (including phenoxy) is 1. The highest BCUT2D eigenvalue weighted by Crippen LogP contribution is 2.36. The number of sulfone groups is 1. The molecule has 3 heterocycles. The molecule has 2 aromatic heterocycles. The van der Waals surface area contributed by atoms with Gasteiger partial charge in [-0.05, 0) is 79.8 Å². The highest BCUT2D eigenvalue weighted by atomic mass is 32.2. The van der Waals surface area contributed by atoms with Crippen molar-refractivity contribution in [2.24, 2.45) is 0 Å². The summed E-state index contributed by atoms with van der Waals surface area (Å²) in [7, 11) is -3.19. The number of rotatable bonds is 8. The van der Waals surface area contributed by atoms with Crippen LogP contribution in [0.4, 0.5) is 5.95 Å². The first-order valence-corrected chi connectivity index (χ1v) is 15.0. The molecule has 0 saturated carbocycles. The Morgan fingerprint density at radius 3 is 2.42 bits per heavy atom. The lowest BCUT2D eigenvalue weighted by Gasteiger charge is -2.32. The Bertz CT molecular complexity index is 1610. The van der Waals surface area contributed by atoms with Crippen LogP contribution in [0.1, 0.15) is 35.1 Å². The van der Waals surface area contributed by atoms with Gasteiger partial charge in [0.25, 0.3) is 0 Å². The summed E-state index contributed by atoms with van der Waals surface area (Å²) in [5.41, 5.74) is 3.99. The van der Waals surface area contributed by atoms with E-state index in [-0.39, 0.29) is 6.04 Å². The number of hydrogen-bond donors (Lipinski definition) is 1. The van der Waals surface area contributed by atoms with E-state index in [4.69, 9.17) is 14.1 Å². The quantitative estimate of drug-likeness (QED) is 0.299. The molecule has 0 unspecified atom stereocenters. The maximum absolute atomic E-state index is 11.7. The molecular weight excluding hydrogens is 526 g/mol. The summed E-state index contributed by atoms with van der Waals surface area (Å²) in [6, 6.07) is 16.7. The molecule has 0 amide bonds. The summed E-state index contributed by atoms with van der Waals surface area (Å²) in [6.45, 7) is 6.37. The molecule has 1 N–H and O–H groups in total. The maximum Gasteiger partial charge on any atom is 0.235 e. The van der Waals surface area contributed by atoms with E-state index in [0.29, 0.717) is 39.4 Å². The average molecular weight is 558 g/mol. The molecule has 1 aliphatic heterocycles. The molecule has 2 aromatic carbocycles. The average Bonchev–Trinajstić information content (AvgIpc) is 3.46.